The van der Waals surface area contributed by atoms with E-state index in [0.717, 1.165) is 11.3 Å². The molecule has 0 saturated carbocycles. The molecule has 0 bridgehead atoms. The molecule has 0 amide bonds. The molecule has 0 aliphatic rings. The Hall–Kier alpha value is -2.37. The smallest absolute Gasteiger partial charge is 0.203 e. The highest BCUT2D eigenvalue weighted by molar-refractivity contribution is 7.14. The molecule has 3 rings (SSSR count). The summed E-state index contributed by atoms with van der Waals surface area (Å²) in [4.78, 5) is 4.46. The van der Waals surface area contributed by atoms with Crippen molar-refractivity contribution in [3.8, 4) is 17.0 Å². The van der Waals surface area contributed by atoms with Crippen LogP contribution in [0, 0.1) is 0 Å². The third-order valence-corrected chi connectivity index (χ3v) is 4.01. The predicted octanol–water partition coefficient (Wildman–Crippen LogP) is 4.62. The van der Waals surface area contributed by atoms with Gasteiger partial charge in [0.1, 0.15) is 5.75 Å². The zero-order valence-electron chi connectivity index (χ0n) is 11.4. The standard InChI is InChI=1S/C16H12ClN3OS/c17-14-7-6-13(21)8-12(14)9-18-20-16-19-15(10-22-16)11-4-2-1-3-5-11/h1-10,21H,(H,19,20). The molecule has 0 atom stereocenters. The number of nitrogens with zero attached hydrogens (tertiary/aromatic N) is 2. The number of thiazole rings is 1. The first kappa shape index (κ1) is 14.6. The van der Waals surface area contributed by atoms with Crippen LogP contribution < -0.4 is 5.43 Å². The lowest BCUT2D eigenvalue weighted by molar-refractivity contribution is 0.475. The minimum atomic E-state index is 0.145. The van der Waals surface area contributed by atoms with Crippen molar-refractivity contribution in [1.82, 2.24) is 4.98 Å². The van der Waals surface area contributed by atoms with E-state index in [0.29, 0.717) is 15.7 Å². The van der Waals surface area contributed by atoms with Crippen molar-refractivity contribution in [2.45, 2.75) is 0 Å². The van der Waals surface area contributed by atoms with Crippen LogP contribution >= 0.6 is 22.9 Å². The second-order valence-electron chi connectivity index (χ2n) is 4.48. The largest absolute Gasteiger partial charge is 0.508 e. The third kappa shape index (κ3) is 3.44. The Balaban J connectivity index is 1.71. The summed E-state index contributed by atoms with van der Waals surface area (Å²) in [5, 5.41) is 16.7. The molecule has 4 nitrogen and oxygen atoms in total. The summed E-state index contributed by atoms with van der Waals surface area (Å²) in [7, 11) is 0. The van der Waals surface area contributed by atoms with Crippen LogP contribution in [0.2, 0.25) is 5.02 Å². The molecule has 110 valence electrons. The highest BCUT2D eigenvalue weighted by atomic mass is 35.5. The van der Waals surface area contributed by atoms with Crippen LogP contribution in [0.25, 0.3) is 11.3 Å². The van der Waals surface area contributed by atoms with Gasteiger partial charge in [0.2, 0.25) is 5.13 Å². The van der Waals surface area contributed by atoms with Gasteiger partial charge in [0.15, 0.2) is 0 Å². The monoisotopic (exact) mass is 329 g/mol. The summed E-state index contributed by atoms with van der Waals surface area (Å²) < 4.78 is 0. The van der Waals surface area contributed by atoms with Gasteiger partial charge in [-0.1, -0.05) is 41.9 Å². The van der Waals surface area contributed by atoms with Crippen LogP contribution in [-0.2, 0) is 0 Å². The number of phenols is 1. The second-order valence-corrected chi connectivity index (χ2v) is 5.75. The van der Waals surface area contributed by atoms with Gasteiger partial charge in [-0.15, -0.1) is 11.3 Å². The molecule has 1 heterocycles. The maximum atomic E-state index is 9.43. The van der Waals surface area contributed by atoms with Crippen molar-refractivity contribution in [2.24, 2.45) is 5.10 Å². The summed E-state index contributed by atoms with van der Waals surface area (Å²) in [6.07, 6.45) is 1.55. The fourth-order valence-corrected chi connectivity index (χ4v) is 2.69. The number of rotatable bonds is 4. The molecular formula is C16H12ClN3OS. The van der Waals surface area contributed by atoms with Crippen molar-refractivity contribution in [3.05, 3.63) is 64.5 Å². The number of hydrogen-bond donors (Lipinski definition) is 2. The van der Waals surface area contributed by atoms with Crippen LogP contribution in [0.3, 0.4) is 0 Å². The number of benzene rings is 2. The maximum absolute atomic E-state index is 9.43. The average molecular weight is 330 g/mol. The lowest BCUT2D eigenvalue weighted by Crippen LogP contribution is -1.91. The van der Waals surface area contributed by atoms with Gasteiger partial charge in [0.05, 0.1) is 11.9 Å². The van der Waals surface area contributed by atoms with E-state index in [9.17, 15) is 5.11 Å². The van der Waals surface area contributed by atoms with Gasteiger partial charge < -0.3 is 5.11 Å². The second kappa shape index (κ2) is 6.60. The molecule has 2 aromatic carbocycles. The highest BCUT2D eigenvalue weighted by Crippen LogP contribution is 2.24. The first-order chi connectivity index (χ1) is 10.7. The molecule has 2 N–H and O–H groups in total. The molecular weight excluding hydrogens is 318 g/mol. The number of aromatic nitrogens is 1. The lowest BCUT2D eigenvalue weighted by Gasteiger charge is -1.99. The molecule has 0 aliphatic heterocycles. The van der Waals surface area contributed by atoms with Crippen molar-refractivity contribution >= 4 is 34.3 Å². The molecule has 22 heavy (non-hydrogen) atoms. The molecule has 6 heteroatoms. The number of aromatic hydroxyl groups is 1. The average Bonchev–Trinajstić information content (AvgIpc) is 3.00. The number of nitrogens with one attached hydrogen (secondary N) is 1. The Bertz CT molecular complexity index is 802. The van der Waals surface area contributed by atoms with Crippen molar-refractivity contribution < 1.29 is 5.11 Å². The Morgan fingerprint density at radius 2 is 2.00 bits per heavy atom. The van der Waals surface area contributed by atoms with Crippen LogP contribution in [0.5, 0.6) is 5.75 Å². The fraction of sp³-hybridized carbons (Fsp3) is 0. The van der Waals surface area contributed by atoms with E-state index in [1.165, 1.54) is 17.4 Å². The number of phenolic OH excluding ortho intramolecular Hbond substituents is 1. The fourth-order valence-electron chi connectivity index (χ4n) is 1.85. The third-order valence-electron chi connectivity index (χ3n) is 2.92. The normalized spacial score (nSPS) is 11.0. The summed E-state index contributed by atoms with van der Waals surface area (Å²) in [5.74, 6) is 0.145. The zero-order chi connectivity index (χ0) is 15.4. The van der Waals surface area contributed by atoms with Crippen LogP contribution in [-0.4, -0.2) is 16.3 Å². The van der Waals surface area contributed by atoms with E-state index in [-0.39, 0.29) is 5.75 Å². The van der Waals surface area contributed by atoms with E-state index in [2.05, 4.69) is 15.5 Å². The Labute approximate surface area is 136 Å². The SMILES string of the molecule is Oc1ccc(Cl)c(C=NNc2nc(-c3ccccc3)cs2)c1. The van der Waals surface area contributed by atoms with Crippen LogP contribution in [0.15, 0.2) is 59.0 Å². The van der Waals surface area contributed by atoms with Gasteiger partial charge in [-0.3, -0.25) is 5.43 Å². The molecule has 0 aliphatic carbocycles. The molecule has 0 unspecified atom stereocenters. The Kier molecular flexibility index (Phi) is 4.37. The number of anilines is 1. The highest BCUT2D eigenvalue weighted by Gasteiger charge is 2.03. The van der Waals surface area contributed by atoms with Gasteiger partial charge in [0, 0.05) is 21.5 Å². The van der Waals surface area contributed by atoms with E-state index in [1.54, 1.807) is 18.3 Å². The number of hydrazone groups is 1. The first-order valence-corrected chi connectivity index (χ1v) is 7.77. The minimum absolute atomic E-state index is 0.145. The molecule has 1 aromatic heterocycles. The van der Waals surface area contributed by atoms with Crippen molar-refractivity contribution in [1.29, 1.82) is 0 Å². The van der Waals surface area contributed by atoms with Gasteiger partial charge in [-0.05, 0) is 18.2 Å². The van der Waals surface area contributed by atoms with E-state index >= 15 is 0 Å². The molecule has 3 aromatic rings. The molecule has 0 radical (unpaired) electrons. The summed E-state index contributed by atoms with van der Waals surface area (Å²) in [6, 6.07) is 14.6. The summed E-state index contributed by atoms with van der Waals surface area (Å²) in [6.45, 7) is 0. The van der Waals surface area contributed by atoms with Crippen molar-refractivity contribution in [3.63, 3.8) is 0 Å². The van der Waals surface area contributed by atoms with Gasteiger partial charge >= 0.3 is 0 Å². The van der Waals surface area contributed by atoms with Crippen LogP contribution in [0.1, 0.15) is 5.56 Å². The Morgan fingerprint density at radius 3 is 2.82 bits per heavy atom. The molecule has 0 saturated heterocycles. The van der Waals surface area contributed by atoms with Crippen LogP contribution in [0.4, 0.5) is 5.13 Å². The summed E-state index contributed by atoms with van der Waals surface area (Å²) in [5.41, 5.74) is 5.46. The molecule has 0 fully saturated rings. The predicted molar refractivity (Wildman–Crippen MR) is 91.9 cm³/mol. The van der Waals surface area contributed by atoms with E-state index in [1.807, 2.05) is 35.7 Å². The zero-order valence-corrected chi connectivity index (χ0v) is 13.0. The lowest BCUT2D eigenvalue weighted by atomic mass is 10.2. The van der Waals surface area contributed by atoms with Gasteiger partial charge in [0.25, 0.3) is 0 Å². The van der Waals surface area contributed by atoms with Gasteiger partial charge in [-0.2, -0.15) is 5.10 Å². The first-order valence-electron chi connectivity index (χ1n) is 6.51. The minimum Gasteiger partial charge on any atom is -0.508 e. The number of halogens is 1. The maximum Gasteiger partial charge on any atom is 0.203 e. The van der Waals surface area contributed by atoms with Gasteiger partial charge in [-0.25, -0.2) is 4.98 Å². The topological polar surface area (TPSA) is 57.5 Å². The summed E-state index contributed by atoms with van der Waals surface area (Å²) >= 11 is 7.49. The van der Waals surface area contributed by atoms with E-state index in [4.69, 9.17) is 11.6 Å². The number of hydrogen-bond acceptors (Lipinski definition) is 5. The Morgan fingerprint density at radius 1 is 1.18 bits per heavy atom. The quantitative estimate of drug-likeness (QED) is 0.542. The van der Waals surface area contributed by atoms with Crippen molar-refractivity contribution in [2.75, 3.05) is 5.43 Å². The molecule has 0 spiro atoms. The van der Waals surface area contributed by atoms with E-state index < -0.39 is 0 Å².